The minimum absolute atomic E-state index is 0.113. The van der Waals surface area contributed by atoms with Gasteiger partial charge in [0.1, 0.15) is 0 Å². The van der Waals surface area contributed by atoms with Gasteiger partial charge in [0.15, 0.2) is 17.3 Å². The Hall–Kier alpha value is -3.36. The Morgan fingerprint density at radius 1 is 1.06 bits per heavy atom. The van der Waals surface area contributed by atoms with Crippen LogP contribution in [0.2, 0.25) is 0 Å². The predicted molar refractivity (Wildman–Crippen MR) is 113 cm³/mol. The molecule has 0 saturated carbocycles. The Morgan fingerprint density at radius 3 is 2.52 bits per heavy atom. The first-order chi connectivity index (χ1) is 14.7. The lowest BCUT2D eigenvalue weighted by atomic mass is 9.93. The highest BCUT2D eigenvalue weighted by Gasteiger charge is 2.36. The van der Waals surface area contributed by atoms with Gasteiger partial charge in [-0.1, -0.05) is 38.1 Å². The van der Waals surface area contributed by atoms with Crippen LogP contribution in [0.15, 0.2) is 36.4 Å². The predicted octanol–water partition coefficient (Wildman–Crippen LogP) is 4.56. The minimum Gasteiger partial charge on any atom is -0.399 e. The Kier molecular flexibility index (Phi) is 4.32. The first-order valence-corrected chi connectivity index (χ1v) is 10.1. The van der Waals surface area contributed by atoms with Crippen LogP contribution in [0.25, 0.3) is 16.4 Å². The van der Waals surface area contributed by atoms with Gasteiger partial charge in [0.2, 0.25) is 0 Å². The summed E-state index contributed by atoms with van der Waals surface area (Å²) < 4.78 is 42.4. The fraction of sp³-hybridized carbons (Fsp3) is 0.318. The molecule has 0 amide bonds. The van der Waals surface area contributed by atoms with Gasteiger partial charge in [-0.2, -0.15) is 17.7 Å². The second kappa shape index (κ2) is 6.83. The molecule has 31 heavy (non-hydrogen) atoms. The molecule has 0 saturated heterocycles. The largest absolute Gasteiger partial charge is 0.416 e. The summed E-state index contributed by atoms with van der Waals surface area (Å²) >= 11 is 0. The minimum atomic E-state index is -4.43. The van der Waals surface area contributed by atoms with Gasteiger partial charge in [-0.25, -0.2) is 0 Å². The number of anilines is 2. The quantitative estimate of drug-likeness (QED) is 0.476. The van der Waals surface area contributed by atoms with Crippen LogP contribution in [0.5, 0.6) is 0 Å². The van der Waals surface area contributed by atoms with Crippen LogP contribution < -0.4 is 10.6 Å². The Morgan fingerprint density at radius 2 is 1.81 bits per heavy atom. The molecule has 3 heterocycles. The van der Waals surface area contributed by atoms with Gasteiger partial charge < -0.3 is 10.6 Å². The first-order valence-electron chi connectivity index (χ1n) is 10.1. The van der Waals surface area contributed by atoms with Crippen LogP contribution in [0.3, 0.4) is 0 Å². The molecular formula is C22H21F3N6. The molecule has 6 nitrogen and oxygen atoms in total. The van der Waals surface area contributed by atoms with Crippen LogP contribution in [0.4, 0.5) is 24.7 Å². The Bertz CT molecular complexity index is 1310. The van der Waals surface area contributed by atoms with Crippen molar-refractivity contribution in [2.45, 2.75) is 38.9 Å². The van der Waals surface area contributed by atoms with Crippen LogP contribution in [0.1, 0.15) is 42.3 Å². The van der Waals surface area contributed by atoms with Gasteiger partial charge in [0.05, 0.1) is 5.56 Å². The molecule has 160 valence electrons. The van der Waals surface area contributed by atoms with Crippen molar-refractivity contribution in [3.63, 3.8) is 0 Å². The molecule has 9 heteroatoms. The summed E-state index contributed by atoms with van der Waals surface area (Å²) in [6.07, 6.45) is -4.17. The summed E-state index contributed by atoms with van der Waals surface area (Å²) in [5.74, 6) is 1.56. The molecule has 2 aromatic heterocycles. The monoisotopic (exact) mass is 426 g/mol. The topological polar surface area (TPSA) is 72.3 Å². The normalized spacial score (nSPS) is 14.6. The second-order valence-electron chi connectivity index (χ2n) is 8.19. The zero-order valence-electron chi connectivity index (χ0n) is 17.1. The number of nitrogens with two attached hydrogens (primary N) is 1. The lowest BCUT2D eigenvalue weighted by Gasteiger charge is -2.32. The highest BCUT2D eigenvalue weighted by molar-refractivity contribution is 6.00. The maximum absolute atomic E-state index is 13.5. The number of nitrogen functional groups attached to an aromatic ring is 1. The van der Waals surface area contributed by atoms with E-state index < -0.39 is 11.7 Å². The number of aromatic nitrogens is 4. The van der Waals surface area contributed by atoms with E-state index in [-0.39, 0.29) is 18.0 Å². The number of hydrogen-bond acceptors (Lipinski definition) is 5. The smallest absolute Gasteiger partial charge is 0.399 e. The highest BCUT2D eigenvalue weighted by Crippen LogP contribution is 2.39. The standard InChI is InChI=1S/C22H21F3N6/c1-12(2)19-27-28-20-16-5-3-4-6-17(16)21(29-31(19)20)30-8-7-15-13(11-30)9-14(26)10-18(15)22(23,24)25/h3-6,9-10,12H,7-8,11,26H2,1-2H3. The van der Waals surface area contributed by atoms with Crippen molar-refractivity contribution in [2.24, 2.45) is 0 Å². The third kappa shape index (κ3) is 3.15. The molecule has 0 radical (unpaired) electrons. The average Bonchev–Trinajstić information content (AvgIpc) is 3.16. The van der Waals surface area contributed by atoms with E-state index in [1.54, 1.807) is 10.6 Å². The molecule has 1 aliphatic rings. The number of hydrogen-bond donors (Lipinski definition) is 1. The van der Waals surface area contributed by atoms with Crippen molar-refractivity contribution in [1.82, 2.24) is 19.8 Å². The number of alkyl halides is 3. The van der Waals surface area contributed by atoms with Crippen molar-refractivity contribution in [1.29, 1.82) is 0 Å². The number of rotatable bonds is 2. The number of nitrogens with zero attached hydrogens (tertiary/aromatic N) is 5. The third-order valence-electron chi connectivity index (χ3n) is 5.75. The molecule has 0 spiro atoms. The van der Waals surface area contributed by atoms with Gasteiger partial charge in [0, 0.05) is 35.5 Å². The number of benzene rings is 2. The summed E-state index contributed by atoms with van der Waals surface area (Å²) in [4.78, 5) is 2.01. The average molecular weight is 426 g/mol. The van der Waals surface area contributed by atoms with Crippen molar-refractivity contribution >= 4 is 27.9 Å². The van der Waals surface area contributed by atoms with Gasteiger partial charge >= 0.3 is 6.18 Å². The lowest BCUT2D eigenvalue weighted by Crippen LogP contribution is -2.33. The zero-order chi connectivity index (χ0) is 21.9. The summed E-state index contributed by atoms with van der Waals surface area (Å²) in [5, 5.41) is 15.3. The van der Waals surface area contributed by atoms with Gasteiger partial charge in [-0.15, -0.1) is 15.3 Å². The third-order valence-corrected chi connectivity index (χ3v) is 5.75. The van der Waals surface area contributed by atoms with E-state index in [4.69, 9.17) is 10.8 Å². The van der Waals surface area contributed by atoms with Crippen LogP contribution in [-0.2, 0) is 19.1 Å². The lowest BCUT2D eigenvalue weighted by molar-refractivity contribution is -0.138. The number of halogens is 3. The van der Waals surface area contributed by atoms with E-state index in [0.717, 1.165) is 22.7 Å². The van der Waals surface area contributed by atoms with E-state index in [1.165, 1.54) is 0 Å². The summed E-state index contributed by atoms with van der Waals surface area (Å²) in [5.41, 5.74) is 6.85. The van der Waals surface area contributed by atoms with Crippen molar-refractivity contribution in [2.75, 3.05) is 17.2 Å². The molecule has 1 aliphatic heterocycles. The molecule has 0 bridgehead atoms. The van der Waals surface area contributed by atoms with Gasteiger partial charge in [-0.05, 0) is 29.7 Å². The Balaban J connectivity index is 1.67. The van der Waals surface area contributed by atoms with E-state index in [9.17, 15) is 13.2 Å². The van der Waals surface area contributed by atoms with Gasteiger partial charge in [0.25, 0.3) is 0 Å². The van der Waals surface area contributed by atoms with Gasteiger partial charge in [-0.3, -0.25) is 0 Å². The maximum atomic E-state index is 13.5. The summed E-state index contributed by atoms with van der Waals surface area (Å²) in [6, 6.07) is 10.4. The van der Waals surface area contributed by atoms with Crippen LogP contribution >= 0.6 is 0 Å². The number of fused-ring (bicyclic) bond motifs is 4. The van der Waals surface area contributed by atoms with Crippen molar-refractivity contribution in [3.8, 4) is 0 Å². The van der Waals surface area contributed by atoms with E-state index in [1.807, 2.05) is 43.0 Å². The molecule has 5 rings (SSSR count). The highest BCUT2D eigenvalue weighted by atomic mass is 19.4. The molecule has 0 atom stereocenters. The van der Waals surface area contributed by atoms with E-state index >= 15 is 0 Å². The molecule has 0 fully saturated rings. The molecule has 2 N–H and O–H groups in total. The van der Waals surface area contributed by atoms with Crippen LogP contribution in [-0.4, -0.2) is 26.4 Å². The Labute approximate surface area is 176 Å². The molecular weight excluding hydrogens is 405 g/mol. The maximum Gasteiger partial charge on any atom is 0.416 e. The fourth-order valence-electron chi connectivity index (χ4n) is 4.33. The van der Waals surface area contributed by atoms with Crippen LogP contribution in [0, 0.1) is 0 Å². The zero-order valence-corrected chi connectivity index (χ0v) is 17.1. The first kappa shape index (κ1) is 19.6. The fourth-order valence-corrected chi connectivity index (χ4v) is 4.33. The molecule has 0 unspecified atom stereocenters. The van der Waals surface area contributed by atoms with Crippen molar-refractivity contribution < 1.29 is 13.2 Å². The summed E-state index contributed by atoms with van der Waals surface area (Å²) in [7, 11) is 0. The molecule has 4 aromatic rings. The molecule has 2 aromatic carbocycles. The van der Waals surface area contributed by atoms with E-state index in [0.29, 0.717) is 35.7 Å². The van der Waals surface area contributed by atoms with E-state index in [2.05, 4.69) is 10.2 Å². The molecule has 0 aliphatic carbocycles. The second-order valence-corrected chi connectivity index (χ2v) is 8.19. The summed E-state index contributed by atoms with van der Waals surface area (Å²) in [6.45, 7) is 4.75. The SMILES string of the molecule is CC(C)c1nnc2c3ccccc3c(N3CCc4c(cc(N)cc4C(F)(F)F)C3)nn12. The van der Waals surface area contributed by atoms with Crippen molar-refractivity contribution in [3.05, 3.63) is 58.9 Å².